The number of nitrogens with zero attached hydrogens (tertiary/aromatic N) is 4. The average molecular weight is 418 g/mol. The van der Waals surface area contributed by atoms with Crippen molar-refractivity contribution in [1.29, 1.82) is 0 Å². The monoisotopic (exact) mass is 417 g/mol. The zero-order valence-electron chi connectivity index (χ0n) is 16.8. The van der Waals surface area contributed by atoms with Crippen LogP contribution in [0.25, 0.3) is 38.5 Å². The van der Waals surface area contributed by atoms with Crippen LogP contribution in [0.1, 0.15) is 25.8 Å². The number of hydrogen-bond donors (Lipinski definition) is 1. The van der Waals surface area contributed by atoms with Gasteiger partial charge in [0.1, 0.15) is 12.0 Å². The summed E-state index contributed by atoms with van der Waals surface area (Å²) in [5.74, 6) is -0.305. The molecule has 7 heteroatoms. The van der Waals surface area contributed by atoms with Gasteiger partial charge in [-0.05, 0) is 30.3 Å². The number of fused-ring (bicyclic) bond motifs is 1. The number of H-pyrrole nitrogens is 1. The number of benzene rings is 1. The first-order chi connectivity index (χ1) is 14.4. The van der Waals surface area contributed by atoms with E-state index in [1.54, 1.807) is 28.0 Å². The Bertz CT molecular complexity index is 1340. The topological polar surface area (TPSA) is 59.4 Å². The number of hydrogen-bond acceptors (Lipinski definition) is 4. The molecule has 0 amide bonds. The zero-order chi connectivity index (χ0) is 20.9. The Hall–Kier alpha value is -3.32. The van der Waals surface area contributed by atoms with E-state index >= 15 is 4.39 Å². The summed E-state index contributed by atoms with van der Waals surface area (Å²) in [7, 11) is 0. The number of aromatic nitrogens is 5. The average Bonchev–Trinajstić information content (AvgIpc) is 3.46. The molecule has 0 unspecified atom stereocenters. The fourth-order valence-electron chi connectivity index (χ4n) is 3.43. The molecule has 1 aromatic carbocycles. The number of aromatic amines is 1. The minimum absolute atomic E-state index is 0.170. The Morgan fingerprint density at radius 2 is 1.80 bits per heavy atom. The van der Waals surface area contributed by atoms with E-state index in [1.165, 1.54) is 6.33 Å². The first-order valence-corrected chi connectivity index (χ1v) is 10.5. The Morgan fingerprint density at radius 3 is 2.57 bits per heavy atom. The van der Waals surface area contributed by atoms with Crippen LogP contribution in [0.2, 0.25) is 0 Å². The molecule has 0 fully saturated rings. The number of rotatable bonds is 3. The molecule has 5 rings (SSSR count). The SMILES string of the molecule is CC(C)(C)c1nc(-c2cccc(-n3cccc3)c2F)c(-c2ncnc3[nH]ccc23)s1. The molecule has 0 aliphatic rings. The van der Waals surface area contributed by atoms with E-state index < -0.39 is 0 Å². The molecule has 0 bridgehead atoms. The predicted octanol–water partition coefficient (Wildman–Crippen LogP) is 5.98. The summed E-state index contributed by atoms with van der Waals surface area (Å²) in [5, 5.41) is 1.82. The maximum Gasteiger partial charge on any atom is 0.156 e. The van der Waals surface area contributed by atoms with Crippen LogP contribution in [-0.2, 0) is 5.41 Å². The molecule has 0 saturated carbocycles. The minimum Gasteiger partial charge on any atom is -0.346 e. The van der Waals surface area contributed by atoms with Gasteiger partial charge < -0.3 is 9.55 Å². The van der Waals surface area contributed by atoms with Gasteiger partial charge in [0.2, 0.25) is 0 Å². The maximum absolute atomic E-state index is 15.7. The van der Waals surface area contributed by atoms with E-state index in [2.05, 4.69) is 35.7 Å². The van der Waals surface area contributed by atoms with Crippen molar-refractivity contribution in [1.82, 2.24) is 24.5 Å². The quantitative estimate of drug-likeness (QED) is 0.393. The highest BCUT2D eigenvalue weighted by molar-refractivity contribution is 7.16. The second-order valence-corrected chi connectivity index (χ2v) is 9.14. The van der Waals surface area contributed by atoms with Crippen LogP contribution < -0.4 is 0 Å². The van der Waals surface area contributed by atoms with Gasteiger partial charge in [-0.25, -0.2) is 19.3 Å². The standard InChI is InChI=1S/C23H20FN5S/c1-23(2,3)22-28-19(14-7-6-8-16(17(14)24)29-11-4-5-12-29)20(30-22)18-15-9-10-25-21(15)27-13-26-18/h4-13H,1-3H3,(H,25,26,27). The van der Waals surface area contributed by atoms with Gasteiger partial charge in [-0.15, -0.1) is 11.3 Å². The minimum atomic E-state index is -0.305. The highest BCUT2D eigenvalue weighted by atomic mass is 32.1. The van der Waals surface area contributed by atoms with Crippen molar-refractivity contribution >= 4 is 22.4 Å². The van der Waals surface area contributed by atoms with Crippen molar-refractivity contribution in [2.75, 3.05) is 0 Å². The lowest BCUT2D eigenvalue weighted by molar-refractivity contribution is 0.585. The van der Waals surface area contributed by atoms with Crippen LogP contribution in [-0.4, -0.2) is 24.5 Å². The molecule has 0 atom stereocenters. The van der Waals surface area contributed by atoms with E-state index in [1.807, 2.05) is 42.9 Å². The van der Waals surface area contributed by atoms with Crippen molar-refractivity contribution in [3.63, 3.8) is 0 Å². The fourth-order valence-corrected chi connectivity index (χ4v) is 4.58. The Labute approximate surface area is 177 Å². The molecular formula is C23H20FN5S. The molecule has 0 saturated heterocycles. The number of thiazole rings is 1. The molecule has 5 nitrogen and oxygen atoms in total. The molecule has 4 aromatic heterocycles. The smallest absolute Gasteiger partial charge is 0.156 e. The van der Waals surface area contributed by atoms with Gasteiger partial charge in [0.25, 0.3) is 0 Å². The number of halogens is 1. The summed E-state index contributed by atoms with van der Waals surface area (Å²) >= 11 is 1.56. The van der Waals surface area contributed by atoms with Crippen molar-refractivity contribution in [2.45, 2.75) is 26.2 Å². The van der Waals surface area contributed by atoms with Gasteiger partial charge in [-0.3, -0.25) is 0 Å². The first-order valence-electron chi connectivity index (χ1n) is 9.65. The van der Waals surface area contributed by atoms with Gasteiger partial charge >= 0.3 is 0 Å². The predicted molar refractivity (Wildman–Crippen MR) is 118 cm³/mol. The second-order valence-electron chi connectivity index (χ2n) is 8.14. The van der Waals surface area contributed by atoms with Gasteiger partial charge in [0.05, 0.1) is 27.0 Å². The molecule has 0 radical (unpaired) electrons. The molecule has 0 spiro atoms. The Balaban J connectivity index is 1.78. The van der Waals surface area contributed by atoms with E-state index in [-0.39, 0.29) is 11.2 Å². The third-order valence-corrected chi connectivity index (χ3v) is 6.44. The Morgan fingerprint density at radius 1 is 1.00 bits per heavy atom. The zero-order valence-corrected chi connectivity index (χ0v) is 17.7. The van der Waals surface area contributed by atoms with Gasteiger partial charge in [0, 0.05) is 35.0 Å². The summed E-state index contributed by atoms with van der Waals surface area (Å²) in [6.07, 6.45) is 7.03. The van der Waals surface area contributed by atoms with Crippen molar-refractivity contribution in [3.8, 4) is 27.5 Å². The molecule has 4 heterocycles. The van der Waals surface area contributed by atoms with Crippen molar-refractivity contribution < 1.29 is 4.39 Å². The van der Waals surface area contributed by atoms with Crippen molar-refractivity contribution in [3.05, 3.63) is 72.1 Å². The van der Waals surface area contributed by atoms with Gasteiger partial charge in [-0.1, -0.05) is 26.8 Å². The van der Waals surface area contributed by atoms with Crippen LogP contribution in [0.3, 0.4) is 0 Å². The van der Waals surface area contributed by atoms with Crippen LogP contribution in [0.4, 0.5) is 4.39 Å². The van der Waals surface area contributed by atoms with Crippen LogP contribution in [0.5, 0.6) is 0 Å². The van der Waals surface area contributed by atoms with Crippen molar-refractivity contribution in [2.24, 2.45) is 0 Å². The van der Waals surface area contributed by atoms with Gasteiger partial charge in [0.15, 0.2) is 5.82 Å². The van der Waals surface area contributed by atoms with Crippen LogP contribution in [0, 0.1) is 5.82 Å². The summed E-state index contributed by atoms with van der Waals surface area (Å²) in [6, 6.07) is 11.1. The fraction of sp³-hybridized carbons (Fsp3) is 0.174. The highest BCUT2D eigenvalue weighted by Crippen LogP contribution is 2.43. The molecule has 150 valence electrons. The molecule has 0 aliphatic carbocycles. The maximum atomic E-state index is 15.7. The lowest BCUT2D eigenvalue weighted by Gasteiger charge is -2.13. The van der Waals surface area contributed by atoms with E-state index in [0.29, 0.717) is 16.9 Å². The normalized spacial score (nSPS) is 12.0. The lowest BCUT2D eigenvalue weighted by Crippen LogP contribution is -2.10. The lowest BCUT2D eigenvalue weighted by atomic mass is 9.98. The Kier molecular flexibility index (Phi) is 4.29. The first kappa shape index (κ1) is 18.7. The van der Waals surface area contributed by atoms with E-state index in [0.717, 1.165) is 26.6 Å². The highest BCUT2D eigenvalue weighted by Gasteiger charge is 2.26. The van der Waals surface area contributed by atoms with Crippen LogP contribution >= 0.6 is 11.3 Å². The summed E-state index contributed by atoms with van der Waals surface area (Å²) < 4.78 is 17.5. The van der Waals surface area contributed by atoms with Gasteiger partial charge in [-0.2, -0.15) is 0 Å². The largest absolute Gasteiger partial charge is 0.346 e. The van der Waals surface area contributed by atoms with E-state index in [4.69, 9.17) is 4.98 Å². The molecule has 1 N–H and O–H groups in total. The number of nitrogens with one attached hydrogen (secondary N) is 1. The molecular weight excluding hydrogens is 397 g/mol. The second kappa shape index (κ2) is 6.88. The summed E-state index contributed by atoms with van der Waals surface area (Å²) in [6.45, 7) is 6.33. The van der Waals surface area contributed by atoms with E-state index in [9.17, 15) is 0 Å². The molecule has 30 heavy (non-hydrogen) atoms. The third kappa shape index (κ3) is 3.02. The summed E-state index contributed by atoms with van der Waals surface area (Å²) in [4.78, 5) is 17.7. The summed E-state index contributed by atoms with van der Waals surface area (Å²) in [5.41, 5.74) is 2.90. The molecule has 5 aromatic rings. The molecule has 0 aliphatic heterocycles. The van der Waals surface area contributed by atoms with Crippen LogP contribution in [0.15, 0.2) is 61.3 Å². The third-order valence-electron chi connectivity index (χ3n) is 4.95.